The fourth-order valence-electron chi connectivity index (χ4n) is 5.58. The van der Waals surface area contributed by atoms with Crippen molar-refractivity contribution >= 4 is 0 Å². The SMILES string of the molecule is CC1CC2C(C)C3CC=CCC3C(C)C2CC1C. The predicted octanol–water partition coefficient (Wildman–Crippen LogP) is 5.15. The molecular weight excluding hydrogens is 216 g/mol. The molecule has 0 amide bonds. The van der Waals surface area contributed by atoms with E-state index in [1.54, 1.807) is 0 Å². The van der Waals surface area contributed by atoms with Crippen LogP contribution in [0.5, 0.6) is 0 Å². The Morgan fingerprint density at radius 1 is 0.611 bits per heavy atom. The topological polar surface area (TPSA) is 0 Å². The first kappa shape index (κ1) is 12.8. The van der Waals surface area contributed by atoms with E-state index in [-0.39, 0.29) is 0 Å². The van der Waals surface area contributed by atoms with Gasteiger partial charge in [-0.05, 0) is 73.0 Å². The number of fused-ring (bicyclic) bond motifs is 2. The van der Waals surface area contributed by atoms with Gasteiger partial charge in [0.2, 0.25) is 0 Å². The van der Waals surface area contributed by atoms with Gasteiger partial charge >= 0.3 is 0 Å². The zero-order valence-electron chi connectivity index (χ0n) is 12.6. The van der Waals surface area contributed by atoms with Gasteiger partial charge in [-0.1, -0.05) is 39.8 Å². The van der Waals surface area contributed by atoms with Crippen molar-refractivity contribution < 1.29 is 0 Å². The third kappa shape index (κ3) is 1.87. The van der Waals surface area contributed by atoms with Crippen LogP contribution in [0.2, 0.25) is 0 Å². The molecule has 0 nitrogen and oxygen atoms in total. The van der Waals surface area contributed by atoms with Crippen LogP contribution in [-0.2, 0) is 0 Å². The highest BCUT2D eigenvalue weighted by Crippen LogP contribution is 2.56. The molecule has 102 valence electrons. The first-order valence-electron chi connectivity index (χ1n) is 8.24. The van der Waals surface area contributed by atoms with Crippen molar-refractivity contribution in [2.75, 3.05) is 0 Å². The monoisotopic (exact) mass is 246 g/mol. The molecule has 0 radical (unpaired) electrons. The van der Waals surface area contributed by atoms with Crippen molar-refractivity contribution in [2.24, 2.45) is 47.3 Å². The summed E-state index contributed by atoms with van der Waals surface area (Å²) in [6.45, 7) is 10.1. The lowest BCUT2D eigenvalue weighted by molar-refractivity contribution is -0.0545. The number of hydrogen-bond acceptors (Lipinski definition) is 0. The Labute approximate surface area is 113 Å². The molecule has 2 saturated carbocycles. The number of allylic oxidation sites excluding steroid dienone is 2. The average Bonchev–Trinajstić information content (AvgIpc) is 2.38. The van der Waals surface area contributed by atoms with E-state index < -0.39 is 0 Å². The fourth-order valence-corrected chi connectivity index (χ4v) is 5.58. The van der Waals surface area contributed by atoms with Gasteiger partial charge < -0.3 is 0 Å². The van der Waals surface area contributed by atoms with Gasteiger partial charge in [0.25, 0.3) is 0 Å². The molecule has 3 rings (SSSR count). The van der Waals surface area contributed by atoms with Gasteiger partial charge in [-0.2, -0.15) is 0 Å². The molecule has 18 heavy (non-hydrogen) atoms. The standard InChI is InChI=1S/C18H30/c1-11-9-17-13(3)15-7-5-6-8-16(15)14(4)18(17)10-12(11)2/h5-6,11-18H,7-10H2,1-4H3. The van der Waals surface area contributed by atoms with Crippen molar-refractivity contribution in [3.63, 3.8) is 0 Å². The first-order chi connectivity index (χ1) is 8.59. The van der Waals surface area contributed by atoms with E-state index in [1.807, 2.05) is 0 Å². The molecule has 0 bridgehead atoms. The highest BCUT2D eigenvalue weighted by Gasteiger charge is 2.49. The van der Waals surface area contributed by atoms with Gasteiger partial charge in [0.1, 0.15) is 0 Å². The van der Waals surface area contributed by atoms with Crippen molar-refractivity contribution in [1.29, 1.82) is 0 Å². The van der Waals surface area contributed by atoms with Crippen LogP contribution in [0, 0.1) is 47.3 Å². The lowest BCUT2D eigenvalue weighted by Crippen LogP contribution is -2.48. The van der Waals surface area contributed by atoms with E-state index in [0.29, 0.717) is 0 Å². The van der Waals surface area contributed by atoms with Gasteiger partial charge in [0.05, 0.1) is 0 Å². The van der Waals surface area contributed by atoms with Crippen LogP contribution in [0.1, 0.15) is 53.4 Å². The van der Waals surface area contributed by atoms with Crippen LogP contribution >= 0.6 is 0 Å². The minimum Gasteiger partial charge on any atom is -0.0882 e. The quantitative estimate of drug-likeness (QED) is 0.518. The molecule has 0 spiro atoms. The molecular formula is C18H30. The molecule has 0 N–H and O–H groups in total. The highest BCUT2D eigenvalue weighted by atomic mass is 14.5. The van der Waals surface area contributed by atoms with Crippen molar-refractivity contribution in [3.05, 3.63) is 12.2 Å². The Hall–Kier alpha value is -0.260. The second-order valence-electron chi connectivity index (χ2n) is 7.74. The van der Waals surface area contributed by atoms with E-state index in [2.05, 4.69) is 39.8 Å². The lowest BCUT2D eigenvalue weighted by Gasteiger charge is -2.55. The van der Waals surface area contributed by atoms with Crippen LogP contribution in [0.25, 0.3) is 0 Å². The van der Waals surface area contributed by atoms with Crippen LogP contribution in [0.3, 0.4) is 0 Å². The summed E-state index contributed by atoms with van der Waals surface area (Å²) in [5.74, 6) is 7.89. The Balaban J connectivity index is 1.86. The van der Waals surface area contributed by atoms with E-state index >= 15 is 0 Å². The zero-order chi connectivity index (χ0) is 12.9. The van der Waals surface area contributed by atoms with Crippen molar-refractivity contribution in [3.8, 4) is 0 Å². The summed E-state index contributed by atoms with van der Waals surface area (Å²) in [5, 5.41) is 0. The molecule has 0 aromatic rings. The highest BCUT2D eigenvalue weighted by molar-refractivity contribution is 5.04. The minimum atomic E-state index is 0.955. The summed E-state index contributed by atoms with van der Waals surface area (Å²) >= 11 is 0. The summed E-state index contributed by atoms with van der Waals surface area (Å²) in [6.07, 6.45) is 10.7. The van der Waals surface area contributed by atoms with Gasteiger partial charge in [-0.3, -0.25) is 0 Å². The van der Waals surface area contributed by atoms with E-state index in [9.17, 15) is 0 Å². The average molecular weight is 246 g/mol. The molecule has 3 aliphatic rings. The smallest absolute Gasteiger partial charge is 0.0317 e. The Morgan fingerprint density at radius 3 is 1.39 bits per heavy atom. The van der Waals surface area contributed by atoms with E-state index in [0.717, 1.165) is 47.3 Å². The van der Waals surface area contributed by atoms with Crippen LogP contribution in [0.15, 0.2) is 12.2 Å². The maximum Gasteiger partial charge on any atom is -0.0317 e. The molecule has 8 unspecified atom stereocenters. The van der Waals surface area contributed by atoms with Crippen LogP contribution in [0.4, 0.5) is 0 Å². The summed E-state index contributed by atoms with van der Waals surface area (Å²) in [4.78, 5) is 0. The third-order valence-corrected chi connectivity index (χ3v) is 7.04. The zero-order valence-corrected chi connectivity index (χ0v) is 12.6. The fraction of sp³-hybridized carbons (Fsp3) is 0.889. The van der Waals surface area contributed by atoms with Crippen LogP contribution < -0.4 is 0 Å². The maximum atomic E-state index is 2.57. The van der Waals surface area contributed by atoms with E-state index in [4.69, 9.17) is 0 Å². The molecule has 3 aliphatic carbocycles. The molecule has 0 saturated heterocycles. The molecule has 0 heterocycles. The van der Waals surface area contributed by atoms with Gasteiger partial charge in [0, 0.05) is 0 Å². The van der Waals surface area contributed by atoms with E-state index in [1.165, 1.54) is 25.7 Å². The molecule has 0 aromatic carbocycles. The molecule has 8 atom stereocenters. The Kier molecular flexibility index (Phi) is 3.32. The second-order valence-corrected chi connectivity index (χ2v) is 7.74. The summed E-state index contributed by atoms with van der Waals surface area (Å²) in [5.41, 5.74) is 0. The second kappa shape index (κ2) is 4.69. The Bertz CT molecular complexity index is 297. The van der Waals surface area contributed by atoms with Crippen molar-refractivity contribution in [2.45, 2.75) is 53.4 Å². The summed E-state index contributed by atoms with van der Waals surface area (Å²) in [7, 11) is 0. The molecule has 0 aliphatic heterocycles. The van der Waals surface area contributed by atoms with Crippen molar-refractivity contribution in [1.82, 2.24) is 0 Å². The lowest BCUT2D eigenvalue weighted by atomic mass is 9.50. The van der Waals surface area contributed by atoms with Gasteiger partial charge in [-0.15, -0.1) is 0 Å². The number of rotatable bonds is 0. The molecule has 2 fully saturated rings. The molecule has 0 heteroatoms. The molecule has 0 aromatic heterocycles. The summed E-state index contributed by atoms with van der Waals surface area (Å²) < 4.78 is 0. The Morgan fingerprint density at radius 2 is 1.00 bits per heavy atom. The number of hydrogen-bond donors (Lipinski definition) is 0. The predicted molar refractivity (Wildman–Crippen MR) is 78.2 cm³/mol. The van der Waals surface area contributed by atoms with Crippen LogP contribution in [-0.4, -0.2) is 0 Å². The first-order valence-corrected chi connectivity index (χ1v) is 8.24. The third-order valence-electron chi connectivity index (χ3n) is 7.04. The minimum absolute atomic E-state index is 0.955. The van der Waals surface area contributed by atoms with Gasteiger partial charge in [0.15, 0.2) is 0 Å². The maximum absolute atomic E-state index is 2.57. The summed E-state index contributed by atoms with van der Waals surface area (Å²) in [6, 6.07) is 0. The normalized spacial score (nSPS) is 55.8. The van der Waals surface area contributed by atoms with Gasteiger partial charge in [-0.25, -0.2) is 0 Å². The largest absolute Gasteiger partial charge is 0.0882 e.